The summed E-state index contributed by atoms with van der Waals surface area (Å²) in [6.45, 7) is -0.316. The Hall–Kier alpha value is -2.11. The molecular weight excluding hydrogens is 215 g/mol. The van der Waals surface area contributed by atoms with Crippen molar-refractivity contribution < 1.29 is 19.1 Å². The van der Waals surface area contributed by atoms with Gasteiger partial charge in [-0.25, -0.2) is 9.18 Å². The lowest BCUT2D eigenvalue weighted by Gasteiger charge is -2.16. The number of hydrogen-bond donors (Lipinski definition) is 2. The molecule has 0 bridgehead atoms. The molecule has 0 spiro atoms. The van der Waals surface area contributed by atoms with E-state index in [4.69, 9.17) is 5.11 Å². The van der Waals surface area contributed by atoms with Crippen molar-refractivity contribution in [3.05, 3.63) is 30.1 Å². The lowest BCUT2D eigenvalue weighted by Crippen LogP contribution is -2.37. The summed E-state index contributed by atoms with van der Waals surface area (Å²) >= 11 is 0. The Morgan fingerprint density at radius 1 is 1.38 bits per heavy atom. The average Bonchev–Trinajstić information content (AvgIpc) is 2.26. The molecule has 6 heteroatoms. The van der Waals surface area contributed by atoms with Gasteiger partial charge in [-0.2, -0.15) is 0 Å². The number of carboxylic acid groups (broad SMARTS) is 1. The van der Waals surface area contributed by atoms with Gasteiger partial charge in [0.05, 0.1) is 0 Å². The monoisotopic (exact) mass is 226 g/mol. The van der Waals surface area contributed by atoms with Crippen molar-refractivity contribution in [1.82, 2.24) is 5.32 Å². The Labute approximate surface area is 91.5 Å². The van der Waals surface area contributed by atoms with Crippen LogP contribution in [0, 0.1) is 5.82 Å². The van der Waals surface area contributed by atoms with Gasteiger partial charge in [0.25, 0.3) is 0 Å². The van der Waals surface area contributed by atoms with Gasteiger partial charge in [0.2, 0.25) is 5.91 Å². The van der Waals surface area contributed by atoms with Crippen molar-refractivity contribution in [1.29, 1.82) is 0 Å². The molecule has 86 valence electrons. The van der Waals surface area contributed by atoms with Crippen LogP contribution < -0.4 is 10.2 Å². The smallest absolute Gasteiger partial charge is 0.405 e. The van der Waals surface area contributed by atoms with Crippen LogP contribution in [0.2, 0.25) is 0 Å². The van der Waals surface area contributed by atoms with E-state index >= 15 is 0 Å². The van der Waals surface area contributed by atoms with E-state index in [1.165, 1.54) is 36.2 Å². The van der Waals surface area contributed by atoms with E-state index in [-0.39, 0.29) is 6.54 Å². The summed E-state index contributed by atoms with van der Waals surface area (Å²) in [7, 11) is 1.49. The van der Waals surface area contributed by atoms with Gasteiger partial charge in [-0.3, -0.25) is 4.79 Å². The third-order valence-electron chi connectivity index (χ3n) is 1.98. The second kappa shape index (κ2) is 5.11. The van der Waals surface area contributed by atoms with Gasteiger partial charge in [-0.15, -0.1) is 0 Å². The van der Waals surface area contributed by atoms with Crippen molar-refractivity contribution in [2.24, 2.45) is 0 Å². The summed E-state index contributed by atoms with van der Waals surface area (Å²) in [5.74, 6) is -0.817. The molecule has 0 saturated carbocycles. The quantitative estimate of drug-likeness (QED) is 0.809. The van der Waals surface area contributed by atoms with Crippen LogP contribution >= 0.6 is 0 Å². The molecule has 0 radical (unpaired) electrons. The molecule has 0 saturated heterocycles. The molecule has 16 heavy (non-hydrogen) atoms. The number of carbonyl (C=O) groups is 2. The lowest BCUT2D eigenvalue weighted by atomic mass is 10.3. The molecule has 0 aliphatic rings. The normalized spacial score (nSPS) is 9.62. The number of nitrogens with one attached hydrogen (secondary N) is 1. The SMILES string of the molecule is CN(C(=O)CNC(=O)O)c1ccc(F)cc1. The van der Waals surface area contributed by atoms with Crippen LogP contribution in [0.1, 0.15) is 0 Å². The van der Waals surface area contributed by atoms with Gasteiger partial charge in [-0.05, 0) is 24.3 Å². The van der Waals surface area contributed by atoms with Gasteiger partial charge >= 0.3 is 6.09 Å². The minimum atomic E-state index is -1.26. The van der Waals surface area contributed by atoms with E-state index in [9.17, 15) is 14.0 Å². The molecule has 0 heterocycles. The van der Waals surface area contributed by atoms with Crippen molar-refractivity contribution in [3.8, 4) is 0 Å². The Bertz CT molecular complexity index is 392. The minimum Gasteiger partial charge on any atom is -0.465 e. The van der Waals surface area contributed by atoms with Gasteiger partial charge < -0.3 is 15.3 Å². The average molecular weight is 226 g/mol. The highest BCUT2D eigenvalue weighted by Gasteiger charge is 2.11. The number of likely N-dealkylation sites (N-methyl/N-ethyl adjacent to an activating group) is 1. The summed E-state index contributed by atoms with van der Waals surface area (Å²) in [5.41, 5.74) is 0.499. The number of hydrogen-bond acceptors (Lipinski definition) is 2. The maximum atomic E-state index is 12.6. The molecule has 0 fully saturated rings. The number of halogens is 1. The van der Waals surface area contributed by atoms with Crippen LogP contribution in [0.3, 0.4) is 0 Å². The molecule has 0 aliphatic carbocycles. The Morgan fingerprint density at radius 3 is 2.44 bits per heavy atom. The third kappa shape index (κ3) is 3.23. The highest BCUT2D eigenvalue weighted by Crippen LogP contribution is 2.12. The summed E-state index contributed by atoms with van der Waals surface area (Å²) in [4.78, 5) is 22.9. The predicted molar refractivity (Wildman–Crippen MR) is 55.8 cm³/mol. The largest absolute Gasteiger partial charge is 0.465 e. The summed E-state index contributed by atoms with van der Waals surface area (Å²) in [6.07, 6.45) is -1.26. The van der Waals surface area contributed by atoms with Gasteiger partial charge in [-0.1, -0.05) is 0 Å². The molecule has 0 aromatic heterocycles. The molecule has 1 aromatic carbocycles. The molecule has 5 nitrogen and oxygen atoms in total. The minimum absolute atomic E-state index is 0.316. The standard InChI is InChI=1S/C10H11FN2O3/c1-13(9(14)6-12-10(15)16)8-4-2-7(11)3-5-8/h2-5,12H,6H2,1H3,(H,15,16). The topological polar surface area (TPSA) is 69.6 Å². The van der Waals surface area contributed by atoms with Crippen molar-refractivity contribution in [3.63, 3.8) is 0 Å². The lowest BCUT2D eigenvalue weighted by molar-refractivity contribution is -0.117. The predicted octanol–water partition coefficient (Wildman–Crippen LogP) is 1.06. The summed E-state index contributed by atoms with van der Waals surface area (Å²) in [6, 6.07) is 5.33. The fourth-order valence-corrected chi connectivity index (χ4v) is 1.08. The molecule has 2 amide bonds. The van der Waals surface area contributed by atoms with E-state index in [0.29, 0.717) is 5.69 Å². The van der Waals surface area contributed by atoms with Gasteiger partial charge in [0, 0.05) is 12.7 Å². The molecule has 2 N–H and O–H groups in total. The highest BCUT2D eigenvalue weighted by atomic mass is 19.1. The zero-order chi connectivity index (χ0) is 12.1. The maximum Gasteiger partial charge on any atom is 0.405 e. The molecule has 1 aromatic rings. The number of anilines is 1. The van der Waals surface area contributed by atoms with Crippen molar-refractivity contribution in [2.75, 3.05) is 18.5 Å². The fourth-order valence-electron chi connectivity index (χ4n) is 1.08. The number of nitrogens with zero attached hydrogens (tertiary/aromatic N) is 1. The second-order valence-corrected chi connectivity index (χ2v) is 3.09. The van der Waals surface area contributed by atoms with E-state index in [0.717, 1.165) is 0 Å². The Kier molecular flexibility index (Phi) is 3.82. The van der Waals surface area contributed by atoms with E-state index in [2.05, 4.69) is 0 Å². The van der Waals surface area contributed by atoms with Crippen LogP contribution in [-0.4, -0.2) is 30.7 Å². The van der Waals surface area contributed by atoms with Crippen LogP contribution in [0.5, 0.6) is 0 Å². The van der Waals surface area contributed by atoms with Crippen LogP contribution in [0.15, 0.2) is 24.3 Å². The van der Waals surface area contributed by atoms with Crippen LogP contribution in [0.4, 0.5) is 14.9 Å². The second-order valence-electron chi connectivity index (χ2n) is 3.09. The molecule has 0 atom stereocenters. The number of amides is 2. The molecule has 0 aliphatic heterocycles. The van der Waals surface area contributed by atoms with Crippen LogP contribution in [-0.2, 0) is 4.79 Å². The van der Waals surface area contributed by atoms with E-state index < -0.39 is 17.8 Å². The third-order valence-corrected chi connectivity index (χ3v) is 1.98. The Balaban J connectivity index is 2.63. The van der Waals surface area contributed by atoms with Crippen molar-refractivity contribution >= 4 is 17.7 Å². The highest BCUT2D eigenvalue weighted by molar-refractivity contribution is 5.95. The summed E-state index contributed by atoms with van der Waals surface area (Å²) < 4.78 is 12.6. The first-order valence-corrected chi connectivity index (χ1v) is 4.49. The maximum absolute atomic E-state index is 12.6. The number of carbonyl (C=O) groups excluding carboxylic acids is 1. The first-order chi connectivity index (χ1) is 7.50. The zero-order valence-electron chi connectivity index (χ0n) is 8.61. The molecule has 1 rings (SSSR count). The Morgan fingerprint density at radius 2 is 1.94 bits per heavy atom. The van der Waals surface area contributed by atoms with Gasteiger partial charge in [0.1, 0.15) is 12.4 Å². The summed E-state index contributed by atoms with van der Waals surface area (Å²) in [5, 5.41) is 10.3. The van der Waals surface area contributed by atoms with E-state index in [1.54, 1.807) is 0 Å². The van der Waals surface area contributed by atoms with Crippen molar-refractivity contribution in [2.45, 2.75) is 0 Å². The van der Waals surface area contributed by atoms with E-state index in [1.807, 2.05) is 5.32 Å². The fraction of sp³-hybridized carbons (Fsp3) is 0.200. The first-order valence-electron chi connectivity index (χ1n) is 4.49. The first kappa shape index (κ1) is 12.0. The number of rotatable bonds is 3. The molecule has 0 unspecified atom stereocenters. The number of benzene rings is 1. The molecular formula is C10H11FN2O3. The zero-order valence-corrected chi connectivity index (χ0v) is 8.61. The van der Waals surface area contributed by atoms with Gasteiger partial charge in [0.15, 0.2) is 0 Å². The van der Waals surface area contributed by atoms with Crippen LogP contribution in [0.25, 0.3) is 0 Å².